The molecule has 1 fully saturated rings. The Bertz CT molecular complexity index is 411. The van der Waals surface area contributed by atoms with Gasteiger partial charge in [-0.05, 0) is 42.5 Å². The summed E-state index contributed by atoms with van der Waals surface area (Å²) in [5.74, 6) is 0.942. The Morgan fingerprint density at radius 3 is 3.12 bits per heavy atom. The van der Waals surface area contributed by atoms with Crippen LogP contribution in [0.5, 0.6) is 5.75 Å². The van der Waals surface area contributed by atoms with E-state index < -0.39 is 0 Å². The van der Waals surface area contributed by atoms with Crippen molar-refractivity contribution in [3.05, 3.63) is 29.3 Å². The molecule has 3 rings (SSSR count). The summed E-state index contributed by atoms with van der Waals surface area (Å²) < 4.78 is 11.0. The lowest BCUT2D eigenvalue weighted by Crippen LogP contribution is -2.53. The molecule has 1 aromatic carbocycles. The van der Waals surface area contributed by atoms with Crippen LogP contribution in [0, 0.1) is 0 Å². The first kappa shape index (κ1) is 11.1. The van der Waals surface area contributed by atoms with E-state index >= 15 is 0 Å². The van der Waals surface area contributed by atoms with Gasteiger partial charge in [-0.1, -0.05) is 6.07 Å². The van der Waals surface area contributed by atoms with Gasteiger partial charge in [0.25, 0.3) is 0 Å². The minimum atomic E-state index is 0.0281. The second kappa shape index (κ2) is 4.31. The number of aryl methyl sites for hydroxylation is 1. The van der Waals surface area contributed by atoms with E-state index in [4.69, 9.17) is 9.47 Å². The van der Waals surface area contributed by atoms with Gasteiger partial charge in [0.15, 0.2) is 0 Å². The Morgan fingerprint density at radius 1 is 1.41 bits per heavy atom. The van der Waals surface area contributed by atoms with Crippen LogP contribution >= 0.6 is 0 Å². The second-order valence-corrected chi connectivity index (χ2v) is 4.94. The maximum absolute atomic E-state index is 5.69. The Morgan fingerprint density at radius 2 is 2.35 bits per heavy atom. The van der Waals surface area contributed by atoms with Crippen LogP contribution in [0.1, 0.15) is 24.0 Å². The molecular weight excluding hydrogens is 214 g/mol. The van der Waals surface area contributed by atoms with Crippen molar-refractivity contribution < 1.29 is 9.47 Å². The summed E-state index contributed by atoms with van der Waals surface area (Å²) in [6, 6.07) is 6.43. The average molecular weight is 233 g/mol. The van der Waals surface area contributed by atoms with Gasteiger partial charge in [0.2, 0.25) is 0 Å². The summed E-state index contributed by atoms with van der Waals surface area (Å²) in [5.41, 5.74) is 2.85. The standard InChI is InChI=1S/C14H19NO2/c1-16-12-5-4-11-3-2-6-14(13(11)9-12)10-17-8-7-15-14/h4-5,9,15H,2-3,6-8,10H2,1H3/t14-/m1/s1. The number of nitrogens with one attached hydrogen (secondary N) is 1. The fraction of sp³-hybridized carbons (Fsp3) is 0.571. The van der Waals surface area contributed by atoms with Crippen LogP contribution in [0.25, 0.3) is 0 Å². The molecule has 1 spiro atoms. The highest BCUT2D eigenvalue weighted by molar-refractivity contribution is 5.42. The zero-order chi connectivity index (χ0) is 11.7. The van der Waals surface area contributed by atoms with E-state index in [9.17, 15) is 0 Å². The Balaban J connectivity index is 2.04. The third kappa shape index (κ3) is 1.83. The Hall–Kier alpha value is -1.06. The number of ether oxygens (including phenoxy) is 2. The molecule has 1 N–H and O–H groups in total. The molecule has 2 aliphatic rings. The monoisotopic (exact) mass is 233 g/mol. The molecule has 0 amide bonds. The minimum Gasteiger partial charge on any atom is -0.497 e. The first-order valence-electron chi connectivity index (χ1n) is 6.34. The third-order valence-corrected chi connectivity index (χ3v) is 3.94. The SMILES string of the molecule is COc1ccc2c(c1)[C@@]1(CCC2)COCCN1. The summed E-state index contributed by atoms with van der Waals surface area (Å²) in [5, 5.41) is 3.66. The fourth-order valence-corrected chi connectivity index (χ4v) is 3.05. The van der Waals surface area contributed by atoms with Crippen molar-refractivity contribution in [2.24, 2.45) is 0 Å². The van der Waals surface area contributed by atoms with Crippen molar-refractivity contribution >= 4 is 0 Å². The molecule has 92 valence electrons. The average Bonchev–Trinajstić information content (AvgIpc) is 2.40. The van der Waals surface area contributed by atoms with E-state index in [1.54, 1.807) is 7.11 Å². The van der Waals surface area contributed by atoms with Crippen LogP contribution in [-0.2, 0) is 16.7 Å². The van der Waals surface area contributed by atoms with Crippen molar-refractivity contribution in [2.45, 2.75) is 24.8 Å². The lowest BCUT2D eigenvalue weighted by molar-refractivity contribution is 0.0168. The van der Waals surface area contributed by atoms with Gasteiger partial charge in [0.1, 0.15) is 5.75 Å². The summed E-state index contributed by atoms with van der Waals surface area (Å²) >= 11 is 0. The van der Waals surface area contributed by atoms with E-state index in [1.165, 1.54) is 24.0 Å². The van der Waals surface area contributed by atoms with Gasteiger partial charge >= 0.3 is 0 Å². The molecule has 0 radical (unpaired) electrons. The number of hydrogen-bond donors (Lipinski definition) is 1. The van der Waals surface area contributed by atoms with Crippen LogP contribution in [-0.4, -0.2) is 26.9 Å². The van der Waals surface area contributed by atoms with Gasteiger partial charge in [-0.3, -0.25) is 0 Å². The summed E-state index contributed by atoms with van der Waals surface area (Å²) in [6.45, 7) is 2.55. The zero-order valence-electron chi connectivity index (χ0n) is 10.3. The minimum absolute atomic E-state index is 0.0281. The predicted molar refractivity (Wildman–Crippen MR) is 66.4 cm³/mol. The molecule has 3 heteroatoms. The molecule has 0 bridgehead atoms. The quantitative estimate of drug-likeness (QED) is 0.803. The van der Waals surface area contributed by atoms with Gasteiger partial charge in [0.05, 0.1) is 25.9 Å². The van der Waals surface area contributed by atoms with Gasteiger partial charge in [-0.15, -0.1) is 0 Å². The third-order valence-electron chi connectivity index (χ3n) is 3.94. The summed E-state index contributed by atoms with van der Waals surface area (Å²) in [6.07, 6.45) is 3.56. The van der Waals surface area contributed by atoms with Gasteiger partial charge in [-0.25, -0.2) is 0 Å². The maximum atomic E-state index is 5.69. The largest absolute Gasteiger partial charge is 0.497 e. The van der Waals surface area contributed by atoms with E-state index in [0.29, 0.717) is 0 Å². The van der Waals surface area contributed by atoms with Crippen molar-refractivity contribution in [1.29, 1.82) is 0 Å². The Kier molecular flexibility index (Phi) is 2.81. The number of morpholine rings is 1. The van der Waals surface area contributed by atoms with Gasteiger partial charge < -0.3 is 14.8 Å². The molecule has 0 saturated carbocycles. The molecular formula is C14H19NO2. The van der Waals surface area contributed by atoms with E-state index in [1.807, 2.05) is 0 Å². The van der Waals surface area contributed by atoms with Gasteiger partial charge in [0, 0.05) is 6.54 Å². The number of hydrogen-bond acceptors (Lipinski definition) is 3. The van der Waals surface area contributed by atoms with Gasteiger partial charge in [-0.2, -0.15) is 0 Å². The number of fused-ring (bicyclic) bond motifs is 2. The lowest BCUT2D eigenvalue weighted by Gasteiger charge is -2.42. The van der Waals surface area contributed by atoms with Crippen LogP contribution in [0.15, 0.2) is 18.2 Å². The van der Waals surface area contributed by atoms with E-state index in [0.717, 1.165) is 31.9 Å². The molecule has 1 atom stereocenters. The zero-order valence-corrected chi connectivity index (χ0v) is 10.3. The van der Waals surface area contributed by atoms with Crippen LogP contribution < -0.4 is 10.1 Å². The van der Waals surface area contributed by atoms with Crippen LogP contribution in [0.4, 0.5) is 0 Å². The predicted octanol–water partition coefficient (Wildman–Crippen LogP) is 1.85. The molecule has 1 aromatic rings. The lowest BCUT2D eigenvalue weighted by atomic mass is 9.76. The smallest absolute Gasteiger partial charge is 0.119 e. The maximum Gasteiger partial charge on any atom is 0.119 e. The highest BCUT2D eigenvalue weighted by Crippen LogP contribution is 2.38. The van der Waals surface area contributed by atoms with Crippen LogP contribution in [0.2, 0.25) is 0 Å². The molecule has 0 unspecified atom stereocenters. The molecule has 0 aromatic heterocycles. The van der Waals surface area contributed by atoms with Crippen molar-refractivity contribution in [3.8, 4) is 5.75 Å². The number of methoxy groups -OCH3 is 1. The summed E-state index contributed by atoms with van der Waals surface area (Å²) in [7, 11) is 1.72. The molecule has 1 saturated heterocycles. The number of rotatable bonds is 1. The fourth-order valence-electron chi connectivity index (χ4n) is 3.05. The van der Waals surface area contributed by atoms with Crippen molar-refractivity contribution in [2.75, 3.05) is 26.9 Å². The molecule has 3 nitrogen and oxygen atoms in total. The van der Waals surface area contributed by atoms with E-state index in [2.05, 4.69) is 23.5 Å². The number of benzene rings is 1. The first-order chi connectivity index (χ1) is 8.34. The van der Waals surface area contributed by atoms with E-state index in [-0.39, 0.29) is 5.54 Å². The Labute approximate surface area is 102 Å². The second-order valence-electron chi connectivity index (χ2n) is 4.94. The topological polar surface area (TPSA) is 30.5 Å². The van der Waals surface area contributed by atoms with Crippen LogP contribution in [0.3, 0.4) is 0 Å². The first-order valence-corrected chi connectivity index (χ1v) is 6.34. The molecule has 1 heterocycles. The van der Waals surface area contributed by atoms with Crippen molar-refractivity contribution in [1.82, 2.24) is 5.32 Å². The summed E-state index contributed by atoms with van der Waals surface area (Å²) in [4.78, 5) is 0. The molecule has 1 aliphatic heterocycles. The molecule has 1 aliphatic carbocycles. The highest BCUT2D eigenvalue weighted by Gasteiger charge is 2.38. The molecule has 17 heavy (non-hydrogen) atoms. The van der Waals surface area contributed by atoms with Crippen molar-refractivity contribution in [3.63, 3.8) is 0 Å². The normalized spacial score (nSPS) is 27.8. The highest BCUT2D eigenvalue weighted by atomic mass is 16.5.